The topological polar surface area (TPSA) is 68.5 Å². The molecule has 0 aromatic carbocycles. The molecule has 24 heavy (non-hydrogen) atoms. The highest BCUT2D eigenvalue weighted by molar-refractivity contribution is 5.78. The number of amides is 1. The minimum absolute atomic E-state index is 0.0556. The van der Waals surface area contributed by atoms with Crippen LogP contribution in [0.5, 0.6) is 5.75 Å². The molecule has 6 heteroatoms. The molecule has 3 aromatic rings. The first-order valence-electron chi connectivity index (χ1n) is 7.88. The first kappa shape index (κ1) is 16.0. The van der Waals surface area contributed by atoms with E-state index in [-0.39, 0.29) is 18.4 Å². The molecular weight excluding hydrogens is 304 g/mol. The molecule has 0 saturated heterocycles. The smallest absolute Gasteiger partial charge is 0.226 e. The van der Waals surface area contributed by atoms with Crippen molar-refractivity contribution >= 4 is 11.6 Å². The number of fused-ring (bicyclic) bond motifs is 1. The van der Waals surface area contributed by atoms with Crippen LogP contribution in [0.2, 0.25) is 0 Å². The van der Waals surface area contributed by atoms with E-state index in [9.17, 15) is 4.79 Å². The average Bonchev–Trinajstić information content (AvgIpc) is 2.98. The van der Waals surface area contributed by atoms with Crippen LogP contribution in [0, 0.1) is 6.92 Å². The van der Waals surface area contributed by atoms with Gasteiger partial charge in [0.2, 0.25) is 5.91 Å². The van der Waals surface area contributed by atoms with Crippen LogP contribution in [0.3, 0.4) is 0 Å². The zero-order valence-electron chi connectivity index (χ0n) is 13.8. The van der Waals surface area contributed by atoms with Gasteiger partial charge in [0.15, 0.2) is 0 Å². The summed E-state index contributed by atoms with van der Waals surface area (Å²) in [6.45, 7) is 4.35. The Labute approximate surface area is 140 Å². The summed E-state index contributed by atoms with van der Waals surface area (Å²) in [5.74, 6) is 0.636. The van der Waals surface area contributed by atoms with Crippen molar-refractivity contribution in [3.05, 3.63) is 60.3 Å². The molecule has 0 fully saturated rings. The third-order valence-corrected chi connectivity index (χ3v) is 3.71. The lowest BCUT2D eigenvalue weighted by Gasteiger charge is -2.15. The first-order valence-corrected chi connectivity index (χ1v) is 7.88. The summed E-state index contributed by atoms with van der Waals surface area (Å²) in [5, 5.41) is 2.89. The van der Waals surface area contributed by atoms with Gasteiger partial charge in [-0.3, -0.25) is 9.78 Å². The second-order valence-corrected chi connectivity index (χ2v) is 5.73. The van der Waals surface area contributed by atoms with Crippen LogP contribution in [0.1, 0.15) is 18.2 Å². The maximum absolute atomic E-state index is 12.2. The normalized spacial score (nSPS) is 12.1. The largest absolute Gasteiger partial charge is 0.487 e. The molecule has 0 spiro atoms. The van der Waals surface area contributed by atoms with Crippen LogP contribution in [0.15, 0.2) is 49.1 Å². The van der Waals surface area contributed by atoms with Crippen LogP contribution < -0.4 is 10.1 Å². The van der Waals surface area contributed by atoms with Gasteiger partial charge in [-0.15, -0.1) is 0 Å². The molecule has 3 aromatic heterocycles. The Morgan fingerprint density at radius 3 is 3.00 bits per heavy atom. The second kappa shape index (κ2) is 7.12. The van der Waals surface area contributed by atoms with Crippen molar-refractivity contribution in [2.45, 2.75) is 26.4 Å². The predicted octanol–water partition coefficient (Wildman–Crippen LogP) is 2.16. The molecule has 0 aliphatic heterocycles. The van der Waals surface area contributed by atoms with E-state index in [1.165, 1.54) is 0 Å². The molecular formula is C18H20N4O2. The highest BCUT2D eigenvalue weighted by Crippen LogP contribution is 2.12. The fourth-order valence-electron chi connectivity index (χ4n) is 2.51. The van der Waals surface area contributed by atoms with Crippen molar-refractivity contribution in [2.75, 3.05) is 6.54 Å². The standard InChI is InChI=1S/C18H20N4O2/c1-13-5-4-8-22-15(11-21-18(13)22)9-17(23)20-10-14(2)24-16-6-3-7-19-12-16/h3-8,11-12,14H,9-10H2,1-2H3,(H,20,23)/t14-/m1/s1. The number of carbonyl (C=O) groups excluding carboxylic acids is 1. The molecule has 3 heterocycles. The number of ether oxygens (including phenoxy) is 1. The molecule has 1 N–H and O–H groups in total. The molecule has 0 unspecified atom stereocenters. The average molecular weight is 324 g/mol. The Kier molecular flexibility index (Phi) is 4.74. The zero-order valence-corrected chi connectivity index (χ0v) is 13.8. The Balaban J connectivity index is 1.54. The SMILES string of the molecule is Cc1cccn2c(CC(=O)NC[C@@H](C)Oc3cccnc3)cnc12. The summed E-state index contributed by atoms with van der Waals surface area (Å²) in [4.78, 5) is 20.5. The van der Waals surface area contributed by atoms with Gasteiger partial charge in [0, 0.05) is 18.6 Å². The number of nitrogens with zero attached hydrogens (tertiary/aromatic N) is 3. The highest BCUT2D eigenvalue weighted by atomic mass is 16.5. The van der Waals surface area contributed by atoms with E-state index in [1.807, 2.05) is 48.7 Å². The lowest BCUT2D eigenvalue weighted by atomic mass is 10.3. The maximum atomic E-state index is 12.2. The number of aryl methyl sites for hydroxylation is 1. The molecule has 0 aliphatic carbocycles. The van der Waals surface area contributed by atoms with Crippen LogP contribution in [0.4, 0.5) is 0 Å². The summed E-state index contributed by atoms with van der Waals surface area (Å²) in [6.07, 6.45) is 7.16. The van der Waals surface area contributed by atoms with Crippen molar-refractivity contribution in [1.29, 1.82) is 0 Å². The number of hydrogen-bond acceptors (Lipinski definition) is 4. The van der Waals surface area contributed by atoms with E-state index in [2.05, 4.69) is 15.3 Å². The lowest BCUT2D eigenvalue weighted by Crippen LogP contribution is -2.34. The van der Waals surface area contributed by atoms with Gasteiger partial charge < -0.3 is 14.5 Å². The van der Waals surface area contributed by atoms with Gasteiger partial charge in [-0.25, -0.2) is 4.98 Å². The summed E-state index contributed by atoms with van der Waals surface area (Å²) in [6, 6.07) is 7.61. The molecule has 1 atom stereocenters. The molecule has 0 saturated carbocycles. The van der Waals surface area contributed by atoms with Crippen molar-refractivity contribution in [3.63, 3.8) is 0 Å². The van der Waals surface area contributed by atoms with Crippen LogP contribution in [0.25, 0.3) is 5.65 Å². The highest BCUT2D eigenvalue weighted by Gasteiger charge is 2.11. The Morgan fingerprint density at radius 1 is 1.33 bits per heavy atom. The molecule has 6 nitrogen and oxygen atoms in total. The second-order valence-electron chi connectivity index (χ2n) is 5.73. The zero-order chi connectivity index (χ0) is 16.9. The number of aromatic nitrogens is 3. The van der Waals surface area contributed by atoms with Crippen LogP contribution in [-0.2, 0) is 11.2 Å². The van der Waals surface area contributed by atoms with Gasteiger partial charge >= 0.3 is 0 Å². The van der Waals surface area contributed by atoms with Gasteiger partial charge in [-0.1, -0.05) is 6.07 Å². The van der Waals surface area contributed by atoms with Crippen LogP contribution >= 0.6 is 0 Å². The third kappa shape index (κ3) is 3.71. The molecule has 0 aliphatic rings. The lowest BCUT2D eigenvalue weighted by molar-refractivity contribution is -0.120. The number of pyridine rings is 2. The third-order valence-electron chi connectivity index (χ3n) is 3.71. The summed E-state index contributed by atoms with van der Waals surface area (Å²) in [5.41, 5.74) is 2.84. The van der Waals surface area contributed by atoms with Crippen LogP contribution in [-0.4, -0.2) is 32.9 Å². The Morgan fingerprint density at radius 2 is 2.21 bits per heavy atom. The molecule has 3 rings (SSSR count). The van der Waals surface area contributed by atoms with Gasteiger partial charge in [0.25, 0.3) is 0 Å². The van der Waals surface area contributed by atoms with E-state index in [0.717, 1.165) is 16.9 Å². The minimum Gasteiger partial charge on any atom is -0.487 e. The Hall–Kier alpha value is -2.89. The van der Waals surface area contributed by atoms with Crippen molar-refractivity contribution in [3.8, 4) is 5.75 Å². The van der Waals surface area contributed by atoms with E-state index < -0.39 is 0 Å². The summed E-state index contributed by atoms with van der Waals surface area (Å²) >= 11 is 0. The number of hydrogen-bond donors (Lipinski definition) is 1. The van der Waals surface area contributed by atoms with Gasteiger partial charge in [-0.2, -0.15) is 0 Å². The molecule has 0 bridgehead atoms. The first-order chi connectivity index (χ1) is 11.6. The fourth-order valence-corrected chi connectivity index (χ4v) is 2.51. The fraction of sp³-hybridized carbons (Fsp3) is 0.278. The van der Waals surface area contributed by atoms with Crippen molar-refractivity contribution in [2.24, 2.45) is 0 Å². The number of nitrogens with one attached hydrogen (secondary N) is 1. The summed E-state index contributed by atoms with van der Waals surface area (Å²) in [7, 11) is 0. The number of imidazole rings is 1. The quantitative estimate of drug-likeness (QED) is 0.754. The van der Waals surface area contributed by atoms with Gasteiger partial charge in [-0.05, 0) is 37.6 Å². The monoisotopic (exact) mass is 324 g/mol. The molecule has 0 radical (unpaired) electrons. The van der Waals surface area contributed by atoms with E-state index in [1.54, 1.807) is 18.6 Å². The van der Waals surface area contributed by atoms with E-state index >= 15 is 0 Å². The van der Waals surface area contributed by atoms with Crippen molar-refractivity contribution < 1.29 is 9.53 Å². The maximum Gasteiger partial charge on any atom is 0.226 e. The predicted molar refractivity (Wildman–Crippen MR) is 91.0 cm³/mol. The molecule has 1 amide bonds. The van der Waals surface area contributed by atoms with E-state index in [4.69, 9.17) is 4.74 Å². The van der Waals surface area contributed by atoms with Gasteiger partial charge in [0.05, 0.1) is 24.9 Å². The molecule has 124 valence electrons. The Bertz CT molecular complexity index is 829. The van der Waals surface area contributed by atoms with Gasteiger partial charge in [0.1, 0.15) is 17.5 Å². The van der Waals surface area contributed by atoms with E-state index in [0.29, 0.717) is 12.3 Å². The number of rotatable bonds is 6. The minimum atomic E-state index is -0.137. The summed E-state index contributed by atoms with van der Waals surface area (Å²) < 4.78 is 7.64. The number of carbonyl (C=O) groups is 1. The van der Waals surface area contributed by atoms with Crippen molar-refractivity contribution in [1.82, 2.24) is 19.7 Å².